The number of anilines is 1. The van der Waals surface area contributed by atoms with E-state index in [-0.39, 0.29) is 6.10 Å². The van der Waals surface area contributed by atoms with E-state index >= 15 is 0 Å². The summed E-state index contributed by atoms with van der Waals surface area (Å²) in [5.74, 6) is 0.682. The van der Waals surface area contributed by atoms with Gasteiger partial charge < -0.3 is 10.5 Å². The lowest BCUT2D eigenvalue weighted by atomic mass is 10.1. The molecule has 0 bridgehead atoms. The summed E-state index contributed by atoms with van der Waals surface area (Å²) in [6, 6.07) is 5.40. The normalized spacial score (nSPS) is 19.1. The molecule has 0 amide bonds. The first-order valence-corrected chi connectivity index (χ1v) is 7.05. The highest BCUT2D eigenvalue weighted by molar-refractivity contribution is 6.33. The van der Waals surface area contributed by atoms with Crippen molar-refractivity contribution in [1.82, 2.24) is 20.2 Å². The van der Waals surface area contributed by atoms with Crippen LogP contribution in [0, 0.1) is 0 Å². The lowest BCUT2D eigenvalue weighted by molar-refractivity contribution is 0.00397. The zero-order valence-electron chi connectivity index (χ0n) is 11.0. The number of hydrogen-bond acceptors (Lipinski definition) is 5. The molecule has 0 saturated carbocycles. The third kappa shape index (κ3) is 2.76. The Morgan fingerprint density at radius 3 is 3.05 bits per heavy atom. The fraction of sp³-hybridized carbons (Fsp3) is 0.462. The van der Waals surface area contributed by atoms with Gasteiger partial charge in [0.05, 0.1) is 23.4 Å². The van der Waals surface area contributed by atoms with Crippen LogP contribution in [0.1, 0.15) is 19.3 Å². The largest absolute Gasteiger partial charge is 0.398 e. The minimum Gasteiger partial charge on any atom is -0.398 e. The molecule has 1 aliphatic heterocycles. The van der Waals surface area contributed by atoms with Crippen molar-refractivity contribution in [2.45, 2.75) is 31.9 Å². The molecule has 2 heterocycles. The van der Waals surface area contributed by atoms with E-state index in [1.807, 2.05) is 6.07 Å². The Balaban J connectivity index is 1.83. The van der Waals surface area contributed by atoms with Crippen LogP contribution in [-0.4, -0.2) is 32.9 Å². The van der Waals surface area contributed by atoms with Crippen molar-refractivity contribution in [2.24, 2.45) is 0 Å². The highest BCUT2D eigenvalue weighted by Gasteiger charge is 2.18. The predicted molar refractivity (Wildman–Crippen MR) is 76.3 cm³/mol. The van der Waals surface area contributed by atoms with Gasteiger partial charge in [-0.1, -0.05) is 11.6 Å². The smallest absolute Gasteiger partial charge is 0.182 e. The molecule has 1 fully saturated rings. The summed E-state index contributed by atoms with van der Waals surface area (Å²) in [7, 11) is 0. The summed E-state index contributed by atoms with van der Waals surface area (Å²) < 4.78 is 7.48. The van der Waals surface area contributed by atoms with Crippen LogP contribution in [0.15, 0.2) is 18.2 Å². The van der Waals surface area contributed by atoms with Gasteiger partial charge in [-0.25, -0.2) is 4.68 Å². The quantitative estimate of drug-likeness (QED) is 0.877. The third-order valence-electron chi connectivity index (χ3n) is 3.44. The maximum absolute atomic E-state index is 6.05. The Morgan fingerprint density at radius 1 is 1.40 bits per heavy atom. The second-order valence-corrected chi connectivity index (χ2v) is 5.32. The number of benzene rings is 1. The molecule has 2 aromatic rings. The van der Waals surface area contributed by atoms with Crippen LogP contribution >= 0.6 is 11.6 Å². The maximum Gasteiger partial charge on any atom is 0.182 e. The van der Waals surface area contributed by atoms with Crippen LogP contribution in [0.5, 0.6) is 0 Å². The first-order valence-electron chi connectivity index (χ1n) is 6.67. The molecule has 3 rings (SSSR count). The van der Waals surface area contributed by atoms with Gasteiger partial charge in [0.25, 0.3) is 0 Å². The van der Waals surface area contributed by atoms with Crippen molar-refractivity contribution in [2.75, 3.05) is 12.3 Å². The summed E-state index contributed by atoms with van der Waals surface area (Å²) in [4.78, 5) is 0. The number of halogens is 1. The van der Waals surface area contributed by atoms with Crippen molar-refractivity contribution in [3.63, 3.8) is 0 Å². The molecule has 6 nitrogen and oxygen atoms in total. The Morgan fingerprint density at radius 2 is 2.30 bits per heavy atom. The number of nitrogens with zero attached hydrogens (tertiary/aromatic N) is 4. The molecule has 0 aliphatic carbocycles. The highest BCUT2D eigenvalue weighted by atomic mass is 35.5. The van der Waals surface area contributed by atoms with Gasteiger partial charge >= 0.3 is 0 Å². The Bertz CT molecular complexity index is 594. The average molecular weight is 294 g/mol. The summed E-state index contributed by atoms with van der Waals surface area (Å²) in [6.45, 7) is 1.47. The highest BCUT2D eigenvalue weighted by Crippen LogP contribution is 2.26. The predicted octanol–water partition coefficient (Wildman–Crippen LogP) is 2.14. The van der Waals surface area contributed by atoms with Crippen molar-refractivity contribution in [1.29, 1.82) is 0 Å². The molecule has 1 aromatic carbocycles. The zero-order chi connectivity index (χ0) is 13.9. The van der Waals surface area contributed by atoms with E-state index in [1.165, 1.54) is 6.42 Å². The summed E-state index contributed by atoms with van der Waals surface area (Å²) in [5.41, 5.74) is 7.12. The summed E-state index contributed by atoms with van der Waals surface area (Å²) >= 11 is 6.05. The molecule has 1 atom stereocenters. The van der Waals surface area contributed by atoms with Crippen molar-refractivity contribution >= 4 is 17.3 Å². The average Bonchev–Trinajstić information content (AvgIpc) is 2.91. The number of hydrogen-bond donors (Lipinski definition) is 1. The van der Waals surface area contributed by atoms with Crippen LogP contribution < -0.4 is 5.73 Å². The van der Waals surface area contributed by atoms with Gasteiger partial charge in [0.1, 0.15) is 0 Å². The number of tetrazole rings is 1. The molecule has 0 radical (unpaired) electrons. The van der Waals surface area contributed by atoms with Crippen LogP contribution in [0.25, 0.3) is 11.4 Å². The van der Waals surface area contributed by atoms with Gasteiger partial charge in [0.2, 0.25) is 0 Å². The fourth-order valence-corrected chi connectivity index (χ4v) is 2.53. The molecule has 106 valence electrons. The number of ether oxygens (including phenoxy) is 1. The van der Waals surface area contributed by atoms with Crippen LogP contribution in [0.2, 0.25) is 5.02 Å². The minimum atomic E-state index is 0.176. The Hall–Kier alpha value is -1.66. The van der Waals surface area contributed by atoms with Gasteiger partial charge in [-0.15, -0.1) is 5.10 Å². The summed E-state index contributed by atoms with van der Waals surface area (Å²) in [6.07, 6.45) is 3.54. The second kappa shape index (κ2) is 5.76. The van der Waals surface area contributed by atoms with Crippen LogP contribution in [0.4, 0.5) is 5.69 Å². The van der Waals surface area contributed by atoms with E-state index in [2.05, 4.69) is 15.5 Å². The van der Waals surface area contributed by atoms with E-state index in [9.17, 15) is 0 Å². The maximum atomic E-state index is 6.05. The van der Waals surface area contributed by atoms with Crippen LogP contribution in [0.3, 0.4) is 0 Å². The fourth-order valence-electron chi connectivity index (χ4n) is 2.34. The monoisotopic (exact) mass is 293 g/mol. The molecule has 2 N–H and O–H groups in total. The third-order valence-corrected chi connectivity index (χ3v) is 3.77. The van der Waals surface area contributed by atoms with E-state index in [0.717, 1.165) is 25.0 Å². The topological polar surface area (TPSA) is 78.9 Å². The minimum absolute atomic E-state index is 0.176. The number of nitrogen functional groups attached to an aromatic ring is 1. The van der Waals surface area contributed by atoms with Crippen LogP contribution in [-0.2, 0) is 11.3 Å². The summed E-state index contributed by atoms with van der Waals surface area (Å²) in [5, 5.41) is 12.4. The lowest BCUT2D eigenvalue weighted by Gasteiger charge is -2.22. The van der Waals surface area contributed by atoms with E-state index < -0.39 is 0 Å². The van der Waals surface area contributed by atoms with Gasteiger partial charge in [0.15, 0.2) is 5.82 Å². The van der Waals surface area contributed by atoms with Crippen molar-refractivity contribution < 1.29 is 4.74 Å². The van der Waals surface area contributed by atoms with Gasteiger partial charge in [-0.2, -0.15) is 0 Å². The van der Waals surface area contributed by atoms with Gasteiger partial charge in [-0.05, 0) is 47.9 Å². The van der Waals surface area contributed by atoms with E-state index in [1.54, 1.807) is 16.8 Å². The molecule has 1 saturated heterocycles. The standard InChI is InChI=1S/C13H16ClN5O/c14-11-7-9(4-5-12(11)15)13-16-17-18-19(13)8-10-3-1-2-6-20-10/h4-5,7,10H,1-3,6,8,15H2. The number of nitrogens with two attached hydrogens (primary N) is 1. The molecular weight excluding hydrogens is 278 g/mol. The lowest BCUT2D eigenvalue weighted by Crippen LogP contribution is -2.25. The van der Waals surface area contributed by atoms with Gasteiger partial charge in [-0.3, -0.25) is 0 Å². The molecular formula is C13H16ClN5O. The van der Waals surface area contributed by atoms with Crippen molar-refractivity contribution in [3.8, 4) is 11.4 Å². The molecule has 1 aliphatic rings. The van der Waals surface area contributed by atoms with E-state index in [4.69, 9.17) is 22.1 Å². The molecule has 1 unspecified atom stereocenters. The molecule has 20 heavy (non-hydrogen) atoms. The zero-order valence-corrected chi connectivity index (χ0v) is 11.8. The van der Waals surface area contributed by atoms with E-state index in [0.29, 0.717) is 23.1 Å². The molecule has 1 aromatic heterocycles. The Kier molecular flexibility index (Phi) is 3.84. The van der Waals surface area contributed by atoms with Gasteiger partial charge in [0, 0.05) is 12.2 Å². The molecule has 7 heteroatoms. The SMILES string of the molecule is Nc1ccc(-c2nnnn2CC2CCCCO2)cc1Cl. The number of rotatable bonds is 3. The number of aromatic nitrogens is 4. The first kappa shape index (κ1) is 13.3. The second-order valence-electron chi connectivity index (χ2n) is 4.91. The van der Waals surface area contributed by atoms with Crippen molar-refractivity contribution in [3.05, 3.63) is 23.2 Å². The first-order chi connectivity index (χ1) is 9.74. The Labute approximate surface area is 121 Å². The molecule has 0 spiro atoms.